The Morgan fingerprint density at radius 1 is 1.07 bits per heavy atom. The predicted octanol–water partition coefficient (Wildman–Crippen LogP) is 3.49. The average molecular weight is 205 g/mol. The normalized spacial score (nSPS) is 8.67. The molecule has 0 spiro atoms. The van der Waals surface area contributed by atoms with Gasteiger partial charge in [0.25, 0.3) is 0 Å². The van der Waals surface area contributed by atoms with E-state index < -0.39 is 0 Å². The first-order valence-electron chi connectivity index (χ1n) is 5.40. The summed E-state index contributed by atoms with van der Waals surface area (Å²) >= 11 is 0. The van der Waals surface area contributed by atoms with E-state index in [2.05, 4.69) is 38.1 Å². The van der Waals surface area contributed by atoms with Gasteiger partial charge in [0, 0.05) is 0 Å². The third kappa shape index (κ3) is 5.82. The zero-order valence-corrected chi connectivity index (χ0v) is 9.55. The standard InChI is InChI=1S/C12H18.CHNO/c1-3-7-11-9-5-6-10-12(11)8-4-2;2-1-3/h5-6,9-10H,3-4,7-8H2,1-2H3;2H. The first kappa shape index (κ1) is 13.6. The smallest absolute Gasteiger partial charge is 0.222 e. The van der Waals surface area contributed by atoms with Crippen LogP contribution in [0.2, 0.25) is 0 Å². The maximum Gasteiger partial charge on any atom is 0.231 e. The van der Waals surface area contributed by atoms with Crippen LogP contribution < -0.4 is 0 Å². The van der Waals surface area contributed by atoms with E-state index >= 15 is 0 Å². The van der Waals surface area contributed by atoms with Crippen LogP contribution in [0.5, 0.6) is 0 Å². The van der Waals surface area contributed by atoms with Gasteiger partial charge in [0.1, 0.15) is 0 Å². The van der Waals surface area contributed by atoms with Crippen molar-refractivity contribution in [1.82, 2.24) is 0 Å². The molecular formula is C13H19NO. The van der Waals surface area contributed by atoms with Gasteiger partial charge in [-0.3, -0.25) is 0 Å². The number of carbonyl (C=O) groups excluding carboxylic acids is 1. The molecular weight excluding hydrogens is 186 g/mol. The summed E-state index contributed by atoms with van der Waals surface area (Å²) in [6.07, 6.45) is 5.72. The van der Waals surface area contributed by atoms with Crippen molar-refractivity contribution >= 4 is 6.08 Å². The summed E-state index contributed by atoms with van der Waals surface area (Å²) in [5.41, 5.74) is 3.09. The van der Waals surface area contributed by atoms with E-state index in [4.69, 9.17) is 10.2 Å². The molecule has 0 unspecified atom stereocenters. The summed E-state index contributed by atoms with van der Waals surface area (Å²) in [6, 6.07) is 8.80. The number of hydrogen-bond acceptors (Lipinski definition) is 2. The van der Waals surface area contributed by atoms with E-state index in [1.165, 1.54) is 25.7 Å². The summed E-state index contributed by atoms with van der Waals surface area (Å²) in [6.45, 7) is 4.48. The summed E-state index contributed by atoms with van der Waals surface area (Å²) in [7, 11) is 0. The van der Waals surface area contributed by atoms with Crippen LogP contribution in [-0.2, 0) is 17.6 Å². The Labute approximate surface area is 91.8 Å². The third-order valence-corrected chi connectivity index (χ3v) is 2.16. The molecule has 1 rings (SSSR count). The second-order valence-corrected chi connectivity index (χ2v) is 3.37. The maximum atomic E-state index is 8.35. The van der Waals surface area contributed by atoms with Gasteiger partial charge in [0.2, 0.25) is 6.08 Å². The van der Waals surface area contributed by atoms with Crippen molar-refractivity contribution in [3.05, 3.63) is 35.4 Å². The van der Waals surface area contributed by atoms with E-state index in [0.29, 0.717) is 0 Å². The molecule has 1 N–H and O–H groups in total. The van der Waals surface area contributed by atoms with Crippen molar-refractivity contribution in [3.63, 3.8) is 0 Å². The topological polar surface area (TPSA) is 40.9 Å². The lowest BCUT2D eigenvalue weighted by atomic mass is 10.00. The minimum atomic E-state index is 0.750. The average Bonchev–Trinajstić information content (AvgIpc) is 2.23. The predicted molar refractivity (Wildman–Crippen MR) is 62.8 cm³/mol. The van der Waals surface area contributed by atoms with Crippen LogP contribution in [0, 0.1) is 5.41 Å². The van der Waals surface area contributed by atoms with Gasteiger partial charge in [-0.15, -0.1) is 0 Å². The monoisotopic (exact) mass is 205 g/mol. The number of nitrogens with one attached hydrogen (secondary N) is 1. The fourth-order valence-corrected chi connectivity index (χ4v) is 1.58. The van der Waals surface area contributed by atoms with Crippen LogP contribution in [0.4, 0.5) is 0 Å². The minimum Gasteiger partial charge on any atom is -0.222 e. The van der Waals surface area contributed by atoms with Crippen LogP contribution >= 0.6 is 0 Å². The first-order chi connectivity index (χ1) is 7.29. The molecule has 0 aliphatic heterocycles. The molecule has 2 heteroatoms. The van der Waals surface area contributed by atoms with E-state index in [1.54, 1.807) is 11.1 Å². The van der Waals surface area contributed by atoms with Crippen LogP contribution in [-0.4, -0.2) is 6.08 Å². The maximum absolute atomic E-state index is 8.35. The molecule has 0 radical (unpaired) electrons. The molecule has 0 aromatic heterocycles. The molecule has 0 saturated heterocycles. The molecule has 0 bridgehead atoms. The highest BCUT2D eigenvalue weighted by Crippen LogP contribution is 2.12. The molecule has 1 aromatic carbocycles. The summed E-state index contributed by atoms with van der Waals surface area (Å²) < 4.78 is 0. The van der Waals surface area contributed by atoms with E-state index in [9.17, 15) is 0 Å². The second kappa shape index (κ2) is 9.17. The first-order valence-corrected chi connectivity index (χ1v) is 5.40. The lowest BCUT2D eigenvalue weighted by Crippen LogP contribution is -1.92. The Morgan fingerprint density at radius 3 is 1.67 bits per heavy atom. The highest BCUT2D eigenvalue weighted by atomic mass is 16.1. The van der Waals surface area contributed by atoms with Gasteiger partial charge in [-0.1, -0.05) is 51.0 Å². The van der Waals surface area contributed by atoms with Crippen LogP contribution in [0.15, 0.2) is 24.3 Å². The van der Waals surface area contributed by atoms with Crippen LogP contribution in [0.25, 0.3) is 0 Å². The molecule has 15 heavy (non-hydrogen) atoms. The van der Waals surface area contributed by atoms with Crippen molar-refractivity contribution in [3.8, 4) is 0 Å². The van der Waals surface area contributed by atoms with Gasteiger partial charge < -0.3 is 0 Å². The Bertz CT molecular complexity index is 276. The van der Waals surface area contributed by atoms with E-state index in [-0.39, 0.29) is 0 Å². The van der Waals surface area contributed by atoms with Gasteiger partial charge in [0.05, 0.1) is 0 Å². The lowest BCUT2D eigenvalue weighted by molar-refractivity contribution is 0.563. The molecule has 0 aliphatic rings. The number of hydrogen-bond donors (Lipinski definition) is 1. The molecule has 0 amide bonds. The minimum absolute atomic E-state index is 0.750. The Hall–Kier alpha value is -1.40. The summed E-state index contributed by atoms with van der Waals surface area (Å²) in [5, 5.41) is 5.40. The molecule has 0 saturated carbocycles. The summed E-state index contributed by atoms with van der Waals surface area (Å²) in [5.74, 6) is 0. The van der Waals surface area contributed by atoms with Crippen molar-refractivity contribution in [1.29, 1.82) is 5.41 Å². The molecule has 0 atom stereocenters. The molecule has 0 heterocycles. The number of rotatable bonds is 4. The third-order valence-electron chi connectivity index (χ3n) is 2.16. The Balaban J connectivity index is 0.000000583. The summed E-state index contributed by atoms with van der Waals surface area (Å²) in [4.78, 5) is 8.35. The number of aryl methyl sites for hydroxylation is 2. The second-order valence-electron chi connectivity index (χ2n) is 3.37. The highest BCUT2D eigenvalue weighted by Gasteiger charge is 1.98. The van der Waals surface area contributed by atoms with Crippen molar-refractivity contribution in [2.24, 2.45) is 0 Å². The zero-order valence-electron chi connectivity index (χ0n) is 9.55. The number of isocyanates is 1. The molecule has 2 nitrogen and oxygen atoms in total. The van der Waals surface area contributed by atoms with Gasteiger partial charge in [-0.2, -0.15) is 0 Å². The lowest BCUT2D eigenvalue weighted by Gasteiger charge is -2.06. The van der Waals surface area contributed by atoms with E-state index in [1.807, 2.05) is 0 Å². The number of benzene rings is 1. The zero-order chi connectivity index (χ0) is 11.5. The van der Waals surface area contributed by atoms with Gasteiger partial charge in [-0.05, 0) is 24.0 Å². The van der Waals surface area contributed by atoms with Gasteiger partial charge in [-0.25, -0.2) is 10.2 Å². The SMILES string of the molecule is CCCc1ccccc1CCC.N=C=O. The van der Waals surface area contributed by atoms with Crippen molar-refractivity contribution in [2.45, 2.75) is 39.5 Å². The van der Waals surface area contributed by atoms with Crippen molar-refractivity contribution < 1.29 is 4.79 Å². The molecule has 82 valence electrons. The Kier molecular flexibility index (Phi) is 8.31. The van der Waals surface area contributed by atoms with E-state index in [0.717, 1.165) is 6.08 Å². The quantitative estimate of drug-likeness (QED) is 0.593. The fraction of sp³-hybridized carbons (Fsp3) is 0.462. The van der Waals surface area contributed by atoms with Gasteiger partial charge >= 0.3 is 0 Å². The molecule has 0 fully saturated rings. The van der Waals surface area contributed by atoms with Gasteiger partial charge in [0.15, 0.2) is 0 Å². The highest BCUT2D eigenvalue weighted by molar-refractivity contribution is 5.27. The van der Waals surface area contributed by atoms with Crippen LogP contribution in [0.1, 0.15) is 37.8 Å². The fourth-order valence-electron chi connectivity index (χ4n) is 1.58. The molecule has 1 aromatic rings. The Morgan fingerprint density at radius 2 is 1.40 bits per heavy atom. The van der Waals surface area contributed by atoms with Crippen molar-refractivity contribution in [2.75, 3.05) is 0 Å². The van der Waals surface area contributed by atoms with Crippen LogP contribution in [0.3, 0.4) is 0 Å². The largest absolute Gasteiger partial charge is 0.231 e. The molecule has 0 aliphatic carbocycles.